The van der Waals surface area contributed by atoms with Gasteiger partial charge < -0.3 is 4.89 Å². The van der Waals surface area contributed by atoms with Crippen molar-refractivity contribution in [3.8, 4) is 0 Å². The Morgan fingerprint density at radius 2 is 1.78 bits per heavy atom. The van der Waals surface area contributed by atoms with E-state index >= 15 is 0 Å². The molecule has 1 atom stereocenters. The quantitative estimate of drug-likeness (QED) is 0.579. The maximum Gasteiger partial charge on any atom is 0.566 e. The Morgan fingerprint density at radius 1 is 1.44 bits per heavy atom. The average molecular weight is 172 g/mol. The highest BCUT2D eigenvalue weighted by molar-refractivity contribution is 8.20. The highest BCUT2D eigenvalue weighted by Gasteiger charge is 2.38. The van der Waals surface area contributed by atoms with Crippen molar-refractivity contribution in [3.05, 3.63) is 0 Å². The van der Waals surface area contributed by atoms with Crippen molar-refractivity contribution in [2.24, 2.45) is 0 Å². The molecule has 0 amide bonds. The van der Waals surface area contributed by atoms with Gasteiger partial charge in [0.25, 0.3) is 0 Å². The van der Waals surface area contributed by atoms with Crippen molar-refractivity contribution in [1.29, 1.82) is 0 Å². The lowest BCUT2D eigenvalue weighted by atomic mass is 11.8. The minimum atomic E-state index is -3.80. The molecule has 7 heteroatoms. The molecule has 0 N–H and O–H groups in total. The van der Waals surface area contributed by atoms with Crippen LogP contribution in [-0.2, 0) is 18.2 Å². The van der Waals surface area contributed by atoms with Crippen molar-refractivity contribution >= 4 is 15.0 Å². The molecule has 0 spiro atoms. The molecule has 0 heterocycles. The summed E-state index contributed by atoms with van der Waals surface area (Å²) < 4.78 is 28.8. The second-order valence-electron chi connectivity index (χ2n) is 1.07. The van der Waals surface area contributed by atoms with Crippen molar-refractivity contribution in [2.45, 2.75) is 0 Å². The van der Waals surface area contributed by atoms with Gasteiger partial charge in [0, 0.05) is 14.2 Å². The first-order valence-electron chi connectivity index (χ1n) is 1.93. The largest absolute Gasteiger partial charge is 0.587 e. The molecular weight excluding hydrogens is 166 g/mol. The molecular formula is C2H6O5P2. The van der Waals surface area contributed by atoms with Gasteiger partial charge in [0.1, 0.15) is 0 Å². The number of hydrogen-bond donors (Lipinski definition) is 0. The van der Waals surface area contributed by atoms with Crippen molar-refractivity contribution in [1.82, 2.24) is 0 Å². The molecule has 5 nitrogen and oxygen atoms in total. The van der Waals surface area contributed by atoms with Crippen LogP contribution in [0, 0.1) is 0 Å². The summed E-state index contributed by atoms with van der Waals surface area (Å²) in [6.45, 7) is 0. The summed E-state index contributed by atoms with van der Waals surface area (Å²) in [6.07, 6.45) is 0. The van der Waals surface area contributed by atoms with Gasteiger partial charge in [-0.1, -0.05) is 4.57 Å². The van der Waals surface area contributed by atoms with Crippen LogP contribution in [0.15, 0.2) is 0 Å². The molecule has 0 bridgehead atoms. The van der Waals surface area contributed by atoms with Gasteiger partial charge in [0.05, 0.1) is 0 Å². The van der Waals surface area contributed by atoms with Gasteiger partial charge in [-0.3, -0.25) is 9.05 Å². The van der Waals surface area contributed by atoms with E-state index in [1.165, 1.54) is 0 Å². The second kappa shape index (κ2) is 3.40. The van der Waals surface area contributed by atoms with Gasteiger partial charge in [0.15, 0.2) is 0 Å². The highest BCUT2D eigenvalue weighted by Crippen LogP contribution is 2.64. The maximum absolute atomic E-state index is 10.6. The van der Waals surface area contributed by atoms with E-state index in [9.17, 15) is 14.0 Å². The van der Waals surface area contributed by atoms with E-state index in [1.807, 2.05) is 0 Å². The molecule has 54 valence electrons. The molecule has 0 aromatic carbocycles. The summed E-state index contributed by atoms with van der Waals surface area (Å²) >= 11 is 0. The van der Waals surface area contributed by atoms with Gasteiger partial charge >= 0.3 is 15.0 Å². The predicted molar refractivity (Wildman–Crippen MR) is 29.2 cm³/mol. The smallest absolute Gasteiger partial charge is 0.566 e. The van der Waals surface area contributed by atoms with Gasteiger partial charge in [0.2, 0.25) is 0 Å². The Kier molecular flexibility index (Phi) is 3.48. The van der Waals surface area contributed by atoms with E-state index in [2.05, 4.69) is 9.05 Å². The third-order valence-electron chi connectivity index (χ3n) is 0.661. The van der Waals surface area contributed by atoms with Crippen molar-refractivity contribution in [3.63, 3.8) is 0 Å². The highest BCUT2D eigenvalue weighted by atomic mass is 32.1. The fourth-order valence-electron chi connectivity index (χ4n) is 0.208. The molecule has 0 saturated carbocycles. The summed E-state index contributed by atoms with van der Waals surface area (Å²) in [4.78, 5) is 10.0. The van der Waals surface area contributed by atoms with Gasteiger partial charge in [-0.15, -0.1) is 0 Å². The Balaban J connectivity index is 4.30. The van der Waals surface area contributed by atoms with Crippen LogP contribution in [0.2, 0.25) is 0 Å². The summed E-state index contributed by atoms with van der Waals surface area (Å²) in [7, 11) is -4.92. The standard InChI is InChI=1S/C2H6O5P2/c1-6-9(5,7-2)8(3)4/h1-2H3. The zero-order valence-electron chi connectivity index (χ0n) is 4.94. The Morgan fingerprint density at radius 3 is 1.78 bits per heavy atom. The molecule has 0 rings (SSSR count). The zero-order valence-corrected chi connectivity index (χ0v) is 6.72. The molecule has 1 unspecified atom stereocenters. The Bertz CT molecular complexity index is 145. The van der Waals surface area contributed by atoms with Crippen molar-refractivity contribution in [2.75, 3.05) is 14.2 Å². The lowest BCUT2D eigenvalue weighted by Gasteiger charge is -2.00. The van der Waals surface area contributed by atoms with E-state index < -0.39 is 15.0 Å². The molecule has 0 aliphatic rings. The average Bonchev–Trinajstić information content (AvgIpc) is 1.86. The third-order valence-corrected chi connectivity index (χ3v) is 4.16. The SMILES string of the molecule is COP(=O)(OC)[P+](=O)[O-]. The lowest BCUT2D eigenvalue weighted by molar-refractivity contribution is -0.160. The van der Waals surface area contributed by atoms with E-state index in [-0.39, 0.29) is 0 Å². The number of hydrogen-bond acceptors (Lipinski definition) is 5. The van der Waals surface area contributed by atoms with Gasteiger partial charge in [-0.25, -0.2) is 4.57 Å². The van der Waals surface area contributed by atoms with Crippen LogP contribution in [0.4, 0.5) is 0 Å². The van der Waals surface area contributed by atoms with Crippen LogP contribution in [-0.4, -0.2) is 14.2 Å². The first-order valence-corrected chi connectivity index (χ1v) is 5.36. The normalized spacial score (nSPS) is 13.4. The predicted octanol–water partition coefficient (Wildman–Crippen LogP) is 0.490. The summed E-state index contributed by atoms with van der Waals surface area (Å²) in [5, 5.41) is 0. The summed E-state index contributed by atoms with van der Waals surface area (Å²) in [6, 6.07) is 0. The van der Waals surface area contributed by atoms with Crippen LogP contribution in [0.25, 0.3) is 0 Å². The second-order valence-corrected chi connectivity index (χ2v) is 5.66. The molecule has 0 aliphatic carbocycles. The minimum Gasteiger partial charge on any atom is -0.587 e. The van der Waals surface area contributed by atoms with Gasteiger partial charge in [-0.05, 0) is 0 Å². The molecule has 0 aromatic heterocycles. The third kappa shape index (κ3) is 2.12. The van der Waals surface area contributed by atoms with Crippen LogP contribution < -0.4 is 4.89 Å². The fraction of sp³-hybridized carbons (Fsp3) is 1.00. The first-order chi connectivity index (χ1) is 4.06. The molecule has 0 aromatic rings. The topological polar surface area (TPSA) is 75.7 Å². The molecule has 0 saturated heterocycles. The molecule has 0 radical (unpaired) electrons. The zero-order chi connectivity index (χ0) is 7.49. The van der Waals surface area contributed by atoms with Crippen LogP contribution in [0.3, 0.4) is 0 Å². The molecule has 9 heavy (non-hydrogen) atoms. The van der Waals surface area contributed by atoms with Crippen LogP contribution in [0.1, 0.15) is 0 Å². The summed E-state index contributed by atoms with van der Waals surface area (Å²) in [5.74, 6) is 0. The van der Waals surface area contributed by atoms with E-state index in [0.717, 1.165) is 14.2 Å². The summed E-state index contributed by atoms with van der Waals surface area (Å²) in [5.41, 5.74) is 0. The van der Waals surface area contributed by atoms with Crippen molar-refractivity contribution < 1.29 is 23.1 Å². The first kappa shape index (κ1) is 9.21. The Labute approximate surface area is 53.3 Å². The fourth-order valence-corrected chi connectivity index (χ4v) is 1.42. The monoisotopic (exact) mass is 172 g/mol. The lowest BCUT2D eigenvalue weighted by Crippen LogP contribution is -1.91. The maximum atomic E-state index is 10.6. The van der Waals surface area contributed by atoms with E-state index in [4.69, 9.17) is 0 Å². The van der Waals surface area contributed by atoms with E-state index in [0.29, 0.717) is 0 Å². The Hall–Kier alpha value is 0.210. The van der Waals surface area contributed by atoms with Crippen LogP contribution in [0.5, 0.6) is 0 Å². The van der Waals surface area contributed by atoms with E-state index in [1.54, 1.807) is 0 Å². The number of rotatable bonds is 3. The molecule has 0 aliphatic heterocycles. The molecule has 0 fully saturated rings. The van der Waals surface area contributed by atoms with Crippen LogP contribution >= 0.6 is 15.0 Å². The minimum absolute atomic E-state index is 1.01. The van der Waals surface area contributed by atoms with Gasteiger partial charge in [-0.2, -0.15) is 0 Å².